The number of guanidine groups is 1. The molecule has 1 aromatic rings. The number of nitrogens with one attached hydrogen (secondary N) is 3. The Labute approximate surface area is 155 Å². The quantitative estimate of drug-likeness (QED) is 0.253. The minimum atomic E-state index is -0.0973. The number of benzene rings is 1. The van der Waals surface area contributed by atoms with Crippen molar-refractivity contribution in [3.63, 3.8) is 0 Å². The van der Waals surface area contributed by atoms with E-state index in [1.165, 1.54) is 0 Å². The Bertz CT molecular complexity index is 477. The number of rotatable bonds is 8. The fourth-order valence-electron chi connectivity index (χ4n) is 1.77. The van der Waals surface area contributed by atoms with Gasteiger partial charge in [0, 0.05) is 31.7 Å². The maximum atomic E-state index is 12.0. The van der Waals surface area contributed by atoms with Crippen LogP contribution in [0.2, 0.25) is 0 Å². The highest BCUT2D eigenvalue weighted by Crippen LogP contribution is 2.10. The van der Waals surface area contributed by atoms with Gasteiger partial charge in [-0.05, 0) is 37.6 Å². The SMILES string of the molecule is CCCN=C(NCC)NCCNC(=O)c1ccc(OC)cc1.I. The minimum Gasteiger partial charge on any atom is -0.497 e. The van der Waals surface area contributed by atoms with Gasteiger partial charge in [0.05, 0.1) is 7.11 Å². The molecule has 130 valence electrons. The first-order valence-corrected chi connectivity index (χ1v) is 7.65. The Hall–Kier alpha value is -1.51. The van der Waals surface area contributed by atoms with Crippen molar-refractivity contribution in [3.8, 4) is 5.75 Å². The van der Waals surface area contributed by atoms with E-state index in [4.69, 9.17) is 4.74 Å². The molecule has 0 heterocycles. The molecule has 1 amide bonds. The van der Waals surface area contributed by atoms with Crippen molar-refractivity contribution >= 4 is 35.8 Å². The Morgan fingerprint density at radius 3 is 2.30 bits per heavy atom. The van der Waals surface area contributed by atoms with Gasteiger partial charge in [-0.3, -0.25) is 9.79 Å². The average Bonchev–Trinajstić information content (AvgIpc) is 2.56. The van der Waals surface area contributed by atoms with E-state index in [0.717, 1.165) is 31.2 Å². The predicted molar refractivity (Wildman–Crippen MR) is 105 cm³/mol. The van der Waals surface area contributed by atoms with Crippen LogP contribution in [0.1, 0.15) is 30.6 Å². The van der Waals surface area contributed by atoms with Crippen LogP contribution in [0, 0.1) is 0 Å². The number of ether oxygens (including phenoxy) is 1. The first kappa shape index (κ1) is 21.5. The number of halogens is 1. The topological polar surface area (TPSA) is 74.8 Å². The smallest absolute Gasteiger partial charge is 0.251 e. The second-order valence-electron chi connectivity index (χ2n) is 4.67. The zero-order valence-electron chi connectivity index (χ0n) is 14.0. The van der Waals surface area contributed by atoms with Gasteiger partial charge in [0.25, 0.3) is 5.91 Å². The van der Waals surface area contributed by atoms with E-state index in [9.17, 15) is 4.79 Å². The van der Waals surface area contributed by atoms with E-state index in [2.05, 4.69) is 27.9 Å². The molecule has 7 heteroatoms. The van der Waals surface area contributed by atoms with Gasteiger partial charge in [-0.2, -0.15) is 0 Å². The van der Waals surface area contributed by atoms with Crippen LogP contribution in [0.5, 0.6) is 5.75 Å². The zero-order chi connectivity index (χ0) is 16.2. The van der Waals surface area contributed by atoms with E-state index in [1.807, 2.05) is 6.92 Å². The van der Waals surface area contributed by atoms with Gasteiger partial charge in [-0.25, -0.2) is 0 Å². The normalized spacial score (nSPS) is 10.5. The van der Waals surface area contributed by atoms with Gasteiger partial charge in [-0.15, -0.1) is 24.0 Å². The van der Waals surface area contributed by atoms with Gasteiger partial charge in [0.2, 0.25) is 0 Å². The third-order valence-electron chi connectivity index (χ3n) is 2.89. The van der Waals surface area contributed by atoms with Crippen LogP contribution >= 0.6 is 24.0 Å². The summed E-state index contributed by atoms with van der Waals surface area (Å²) in [4.78, 5) is 16.4. The van der Waals surface area contributed by atoms with Gasteiger partial charge in [0.1, 0.15) is 5.75 Å². The summed E-state index contributed by atoms with van der Waals surface area (Å²) in [5.41, 5.74) is 0.618. The van der Waals surface area contributed by atoms with E-state index in [1.54, 1.807) is 31.4 Å². The number of carbonyl (C=O) groups is 1. The lowest BCUT2D eigenvalue weighted by atomic mass is 10.2. The molecule has 0 saturated heterocycles. The molecule has 0 atom stereocenters. The summed E-state index contributed by atoms with van der Waals surface area (Å²) in [6, 6.07) is 7.03. The summed E-state index contributed by atoms with van der Waals surface area (Å²) in [7, 11) is 1.60. The van der Waals surface area contributed by atoms with Crippen molar-refractivity contribution in [1.82, 2.24) is 16.0 Å². The van der Waals surface area contributed by atoms with Crippen LogP contribution in [0.25, 0.3) is 0 Å². The summed E-state index contributed by atoms with van der Waals surface area (Å²) >= 11 is 0. The molecule has 23 heavy (non-hydrogen) atoms. The van der Waals surface area contributed by atoms with Crippen LogP contribution in [-0.2, 0) is 0 Å². The van der Waals surface area contributed by atoms with Crippen molar-refractivity contribution in [2.75, 3.05) is 33.3 Å². The van der Waals surface area contributed by atoms with Crippen molar-refractivity contribution in [1.29, 1.82) is 0 Å². The molecule has 0 aromatic heterocycles. The summed E-state index contributed by atoms with van der Waals surface area (Å²) in [5.74, 6) is 1.42. The number of amides is 1. The van der Waals surface area contributed by atoms with E-state index >= 15 is 0 Å². The third-order valence-corrected chi connectivity index (χ3v) is 2.89. The molecule has 1 aromatic carbocycles. The summed E-state index contributed by atoms with van der Waals surface area (Å²) in [5, 5.41) is 9.21. The molecule has 1 rings (SSSR count). The molecule has 0 aliphatic carbocycles. The maximum absolute atomic E-state index is 12.0. The second-order valence-corrected chi connectivity index (χ2v) is 4.67. The van der Waals surface area contributed by atoms with Gasteiger partial charge < -0.3 is 20.7 Å². The molecule has 0 bridgehead atoms. The number of nitrogens with zero attached hydrogens (tertiary/aromatic N) is 1. The summed E-state index contributed by atoms with van der Waals surface area (Å²) in [6.45, 7) is 6.86. The highest BCUT2D eigenvalue weighted by molar-refractivity contribution is 14.0. The Morgan fingerprint density at radius 2 is 1.74 bits per heavy atom. The number of aliphatic imine (C=N–C) groups is 1. The van der Waals surface area contributed by atoms with Crippen molar-refractivity contribution < 1.29 is 9.53 Å². The Morgan fingerprint density at radius 1 is 1.09 bits per heavy atom. The number of carbonyl (C=O) groups excluding carboxylic acids is 1. The number of hydrogen-bond donors (Lipinski definition) is 3. The van der Waals surface area contributed by atoms with Crippen molar-refractivity contribution in [2.45, 2.75) is 20.3 Å². The van der Waals surface area contributed by atoms with Crippen molar-refractivity contribution in [3.05, 3.63) is 29.8 Å². The number of methoxy groups -OCH3 is 1. The van der Waals surface area contributed by atoms with Crippen LogP contribution in [-0.4, -0.2) is 45.2 Å². The molecule has 0 saturated carbocycles. The molecular formula is C16H27IN4O2. The lowest BCUT2D eigenvalue weighted by molar-refractivity contribution is 0.0954. The molecule has 0 unspecified atom stereocenters. The molecule has 0 fully saturated rings. The molecule has 6 nitrogen and oxygen atoms in total. The van der Waals surface area contributed by atoms with Gasteiger partial charge in [-0.1, -0.05) is 6.92 Å². The molecule has 0 aliphatic heterocycles. The minimum absolute atomic E-state index is 0. The first-order chi connectivity index (χ1) is 10.7. The summed E-state index contributed by atoms with van der Waals surface area (Å²) in [6.07, 6.45) is 1.00. The zero-order valence-corrected chi connectivity index (χ0v) is 16.3. The lowest BCUT2D eigenvalue weighted by Crippen LogP contribution is -2.41. The van der Waals surface area contributed by atoms with E-state index in [0.29, 0.717) is 18.7 Å². The Balaban J connectivity index is 0.00000484. The fraction of sp³-hybridized carbons (Fsp3) is 0.500. The average molecular weight is 434 g/mol. The van der Waals surface area contributed by atoms with Crippen LogP contribution in [0.4, 0.5) is 0 Å². The molecule has 0 aliphatic rings. The number of hydrogen-bond acceptors (Lipinski definition) is 3. The van der Waals surface area contributed by atoms with Crippen LogP contribution in [0.3, 0.4) is 0 Å². The Kier molecular flexibility index (Phi) is 12.1. The molecule has 0 spiro atoms. The molecule has 3 N–H and O–H groups in total. The standard InChI is InChI=1S/C16H26N4O2.HI/c1-4-10-19-16(17-5-2)20-12-11-18-15(21)13-6-8-14(22-3)9-7-13;/h6-9H,4-5,10-12H2,1-3H3,(H,18,21)(H2,17,19,20);1H. The summed E-state index contributed by atoms with van der Waals surface area (Å²) < 4.78 is 5.07. The van der Waals surface area contributed by atoms with E-state index in [-0.39, 0.29) is 29.9 Å². The predicted octanol–water partition coefficient (Wildman–Crippen LogP) is 2.01. The maximum Gasteiger partial charge on any atom is 0.251 e. The van der Waals surface area contributed by atoms with Gasteiger partial charge >= 0.3 is 0 Å². The fourth-order valence-corrected chi connectivity index (χ4v) is 1.77. The highest BCUT2D eigenvalue weighted by atomic mass is 127. The molecule has 0 radical (unpaired) electrons. The van der Waals surface area contributed by atoms with Crippen LogP contribution in [0.15, 0.2) is 29.3 Å². The third kappa shape index (κ3) is 8.63. The highest BCUT2D eigenvalue weighted by Gasteiger charge is 2.04. The first-order valence-electron chi connectivity index (χ1n) is 7.65. The largest absolute Gasteiger partial charge is 0.497 e. The monoisotopic (exact) mass is 434 g/mol. The second kappa shape index (κ2) is 13.0. The van der Waals surface area contributed by atoms with Gasteiger partial charge in [0.15, 0.2) is 5.96 Å². The van der Waals surface area contributed by atoms with Crippen molar-refractivity contribution in [2.24, 2.45) is 4.99 Å². The molecular weight excluding hydrogens is 407 g/mol. The van der Waals surface area contributed by atoms with E-state index < -0.39 is 0 Å². The van der Waals surface area contributed by atoms with Crippen LogP contribution < -0.4 is 20.7 Å². The lowest BCUT2D eigenvalue weighted by Gasteiger charge is -2.11.